The summed E-state index contributed by atoms with van der Waals surface area (Å²) in [5.74, 6) is 1.58. The zero-order chi connectivity index (χ0) is 22.7. The van der Waals surface area contributed by atoms with Crippen molar-refractivity contribution in [3.8, 4) is 22.9 Å². The Labute approximate surface area is 186 Å². The predicted molar refractivity (Wildman–Crippen MR) is 122 cm³/mol. The number of aryl methyl sites for hydroxylation is 2. The Morgan fingerprint density at radius 3 is 2.75 bits per heavy atom. The maximum Gasteiger partial charge on any atom is 0.407 e. The summed E-state index contributed by atoms with van der Waals surface area (Å²) in [5, 5.41) is 12.5. The summed E-state index contributed by atoms with van der Waals surface area (Å²) in [6.45, 7) is 4.84. The van der Waals surface area contributed by atoms with Gasteiger partial charge in [0.05, 0.1) is 11.3 Å². The summed E-state index contributed by atoms with van der Waals surface area (Å²) in [7, 11) is 0. The van der Waals surface area contributed by atoms with Crippen molar-refractivity contribution in [1.82, 2.24) is 19.9 Å². The normalized spacial score (nSPS) is 15.9. The molecule has 9 heteroatoms. The average Bonchev–Trinajstić information content (AvgIpc) is 2.77. The number of aromatic nitrogens is 3. The number of pyridine rings is 1. The number of carbonyl (C=O) groups is 1. The van der Waals surface area contributed by atoms with Crippen LogP contribution in [0.25, 0.3) is 11.3 Å². The molecule has 9 nitrogen and oxygen atoms in total. The molecule has 0 saturated carbocycles. The molecule has 4 N–H and O–H groups in total. The Bertz CT molecular complexity index is 1110. The van der Waals surface area contributed by atoms with Crippen molar-refractivity contribution in [2.24, 2.45) is 0 Å². The van der Waals surface area contributed by atoms with Gasteiger partial charge in [0.15, 0.2) is 0 Å². The minimum Gasteiger partial charge on any atom is -0.465 e. The second kappa shape index (κ2) is 9.09. The highest BCUT2D eigenvalue weighted by Gasteiger charge is 2.24. The van der Waals surface area contributed by atoms with E-state index in [4.69, 9.17) is 10.5 Å². The fourth-order valence-electron chi connectivity index (χ4n) is 3.94. The topological polar surface area (TPSA) is 126 Å². The predicted octanol–water partition coefficient (Wildman–Crippen LogP) is 4.08. The van der Waals surface area contributed by atoms with Crippen LogP contribution in [0.2, 0.25) is 0 Å². The van der Waals surface area contributed by atoms with Crippen LogP contribution in [0.15, 0.2) is 42.7 Å². The fourth-order valence-corrected chi connectivity index (χ4v) is 3.94. The van der Waals surface area contributed by atoms with E-state index in [1.54, 1.807) is 18.5 Å². The Hall–Kier alpha value is -3.88. The van der Waals surface area contributed by atoms with Crippen LogP contribution in [-0.2, 0) is 0 Å². The minimum absolute atomic E-state index is 0.0419. The molecular formula is C23H26N6O3. The molecule has 32 heavy (non-hydrogen) atoms. The second-order valence-corrected chi connectivity index (χ2v) is 7.92. The largest absolute Gasteiger partial charge is 0.465 e. The molecule has 2 aromatic heterocycles. The molecule has 1 amide bonds. The molecule has 0 radical (unpaired) electrons. The quantitative estimate of drug-likeness (QED) is 0.513. The summed E-state index contributed by atoms with van der Waals surface area (Å²) in [6, 6.07) is 9.20. The highest BCUT2D eigenvalue weighted by molar-refractivity contribution is 5.67. The number of benzene rings is 1. The molecule has 1 aliphatic rings. The van der Waals surface area contributed by atoms with Crippen molar-refractivity contribution < 1.29 is 14.6 Å². The number of likely N-dealkylation sites (tertiary alicyclic amines) is 1. The molecular weight excluding hydrogens is 408 g/mol. The third-order valence-corrected chi connectivity index (χ3v) is 5.41. The Balaban J connectivity index is 1.58. The molecule has 1 atom stereocenters. The average molecular weight is 435 g/mol. The van der Waals surface area contributed by atoms with Crippen molar-refractivity contribution in [3.63, 3.8) is 0 Å². The monoisotopic (exact) mass is 434 g/mol. The lowest BCUT2D eigenvalue weighted by atomic mass is 10.1. The van der Waals surface area contributed by atoms with Crippen LogP contribution in [0.4, 0.5) is 16.4 Å². The van der Waals surface area contributed by atoms with E-state index in [-0.39, 0.29) is 6.04 Å². The summed E-state index contributed by atoms with van der Waals surface area (Å²) >= 11 is 0. The van der Waals surface area contributed by atoms with E-state index in [1.165, 1.54) is 4.90 Å². The van der Waals surface area contributed by atoms with Gasteiger partial charge in [-0.1, -0.05) is 0 Å². The highest BCUT2D eigenvalue weighted by atomic mass is 16.5. The van der Waals surface area contributed by atoms with Crippen molar-refractivity contribution in [2.45, 2.75) is 32.7 Å². The first-order valence-corrected chi connectivity index (χ1v) is 10.5. The molecule has 3 aromatic rings. The van der Waals surface area contributed by atoms with Crippen molar-refractivity contribution >= 4 is 17.7 Å². The van der Waals surface area contributed by atoms with Gasteiger partial charge in [0.2, 0.25) is 11.8 Å². The van der Waals surface area contributed by atoms with Crippen LogP contribution < -0.4 is 15.8 Å². The van der Waals surface area contributed by atoms with E-state index in [1.807, 2.05) is 38.1 Å². The fraction of sp³-hybridized carbons (Fsp3) is 0.304. The van der Waals surface area contributed by atoms with Gasteiger partial charge < -0.3 is 25.8 Å². The van der Waals surface area contributed by atoms with Gasteiger partial charge in [-0.15, -0.1) is 0 Å². The van der Waals surface area contributed by atoms with Crippen molar-refractivity contribution in [3.05, 3.63) is 53.9 Å². The number of nitrogens with one attached hydrogen (secondary N) is 1. The smallest absolute Gasteiger partial charge is 0.407 e. The molecule has 166 valence electrons. The number of anilines is 2. The standard InChI is InChI=1S/C23H26N6O3/c1-14-11-16(24)12-15(2)20(14)32-21-18(6-3-8-25-21)19-7-9-26-22(28-19)27-17-5-4-10-29(13-17)23(30)31/h3,6-9,11-12,17H,4-5,10,13,24H2,1-2H3,(H,30,31)(H,26,27,28)/t17-/m0/s1. The van der Waals surface area contributed by atoms with E-state index in [0.29, 0.717) is 42.0 Å². The van der Waals surface area contributed by atoms with Gasteiger partial charge in [-0.3, -0.25) is 0 Å². The summed E-state index contributed by atoms with van der Waals surface area (Å²) < 4.78 is 6.19. The molecule has 0 bridgehead atoms. The molecule has 1 fully saturated rings. The number of hydrogen-bond acceptors (Lipinski definition) is 7. The molecule has 3 heterocycles. The lowest BCUT2D eigenvalue weighted by molar-refractivity contribution is 0.132. The number of carboxylic acid groups (broad SMARTS) is 1. The first-order valence-electron chi connectivity index (χ1n) is 10.5. The van der Waals surface area contributed by atoms with E-state index in [2.05, 4.69) is 20.3 Å². The van der Waals surface area contributed by atoms with Gasteiger partial charge in [-0.05, 0) is 68.1 Å². The third kappa shape index (κ3) is 4.72. The van der Waals surface area contributed by atoms with Crippen LogP contribution in [0.5, 0.6) is 11.6 Å². The first-order chi connectivity index (χ1) is 15.4. The number of nitrogen functional groups attached to an aromatic ring is 1. The van der Waals surface area contributed by atoms with Gasteiger partial charge >= 0.3 is 6.09 Å². The Morgan fingerprint density at radius 1 is 1.22 bits per heavy atom. The Kier molecular flexibility index (Phi) is 6.07. The maximum absolute atomic E-state index is 11.3. The zero-order valence-corrected chi connectivity index (χ0v) is 18.1. The Morgan fingerprint density at radius 2 is 2.00 bits per heavy atom. The molecule has 1 saturated heterocycles. The van der Waals surface area contributed by atoms with Gasteiger partial charge in [0, 0.05) is 37.2 Å². The summed E-state index contributed by atoms with van der Waals surface area (Å²) in [4.78, 5) is 26.1. The minimum atomic E-state index is -0.906. The number of piperidine rings is 1. The van der Waals surface area contributed by atoms with Crippen molar-refractivity contribution in [2.75, 3.05) is 24.1 Å². The zero-order valence-electron chi connectivity index (χ0n) is 18.1. The van der Waals surface area contributed by atoms with Crippen molar-refractivity contribution in [1.29, 1.82) is 0 Å². The molecule has 0 unspecified atom stereocenters. The summed E-state index contributed by atoms with van der Waals surface area (Å²) in [6.07, 6.45) is 4.08. The number of rotatable bonds is 5. The molecule has 1 aliphatic heterocycles. The van der Waals surface area contributed by atoms with Crippen LogP contribution in [0.1, 0.15) is 24.0 Å². The van der Waals surface area contributed by atoms with Crippen LogP contribution >= 0.6 is 0 Å². The number of ether oxygens (including phenoxy) is 1. The van der Waals surface area contributed by atoms with E-state index in [9.17, 15) is 9.90 Å². The molecule has 0 spiro atoms. The lowest BCUT2D eigenvalue weighted by Crippen LogP contribution is -2.44. The van der Waals surface area contributed by atoms with Gasteiger partial charge in [-0.25, -0.2) is 19.7 Å². The number of amides is 1. The lowest BCUT2D eigenvalue weighted by Gasteiger charge is -2.31. The molecule has 1 aromatic carbocycles. The van der Waals surface area contributed by atoms with Crippen LogP contribution in [-0.4, -0.2) is 50.2 Å². The van der Waals surface area contributed by atoms with Gasteiger partial charge in [0.1, 0.15) is 5.75 Å². The second-order valence-electron chi connectivity index (χ2n) is 7.92. The first kappa shape index (κ1) is 21.4. The van der Waals surface area contributed by atoms with E-state index in [0.717, 1.165) is 29.5 Å². The van der Waals surface area contributed by atoms with Gasteiger partial charge in [-0.2, -0.15) is 0 Å². The number of hydrogen-bond donors (Lipinski definition) is 3. The number of nitrogens with zero attached hydrogens (tertiary/aromatic N) is 4. The highest BCUT2D eigenvalue weighted by Crippen LogP contribution is 2.34. The van der Waals surface area contributed by atoms with E-state index < -0.39 is 6.09 Å². The number of nitrogens with two attached hydrogens (primary N) is 1. The van der Waals surface area contributed by atoms with Gasteiger partial charge in [0.25, 0.3) is 0 Å². The SMILES string of the molecule is Cc1cc(N)cc(C)c1Oc1ncccc1-c1ccnc(N[C@H]2CCCN(C(=O)O)C2)n1. The van der Waals surface area contributed by atoms with Crippen LogP contribution in [0.3, 0.4) is 0 Å². The maximum atomic E-state index is 11.3. The van der Waals surface area contributed by atoms with E-state index >= 15 is 0 Å². The molecule has 0 aliphatic carbocycles. The summed E-state index contributed by atoms with van der Waals surface area (Å²) in [5.41, 5.74) is 9.84. The molecule has 4 rings (SSSR count). The van der Waals surface area contributed by atoms with Crippen LogP contribution in [0, 0.1) is 13.8 Å². The third-order valence-electron chi connectivity index (χ3n) is 5.41.